The van der Waals surface area contributed by atoms with E-state index in [1.54, 1.807) is 48.5 Å². The Morgan fingerprint density at radius 1 is 1.03 bits per heavy atom. The Bertz CT molecular complexity index is 1330. The molecule has 33 heavy (non-hydrogen) atoms. The molecule has 6 nitrogen and oxygen atoms in total. The Labute approximate surface area is 200 Å². The van der Waals surface area contributed by atoms with Gasteiger partial charge >= 0.3 is 11.9 Å². The lowest BCUT2D eigenvalue weighted by molar-refractivity contribution is -0.129. The topological polar surface area (TPSA) is 74.2 Å². The zero-order valence-electron chi connectivity index (χ0n) is 17.6. The lowest BCUT2D eigenvalue weighted by Gasteiger charge is -2.12. The predicted octanol–water partition coefficient (Wildman–Crippen LogP) is 5.87. The number of esters is 2. The van der Waals surface area contributed by atoms with Crippen LogP contribution in [0.25, 0.3) is 6.08 Å². The van der Waals surface area contributed by atoms with Crippen LogP contribution in [0, 0.1) is 6.92 Å². The molecule has 0 saturated carbocycles. The van der Waals surface area contributed by atoms with Gasteiger partial charge in [0.05, 0.1) is 28.3 Å². The summed E-state index contributed by atoms with van der Waals surface area (Å²) in [6.45, 7) is 1.88. The molecule has 0 N–H and O–H groups in total. The minimum absolute atomic E-state index is 0.0625. The summed E-state index contributed by atoms with van der Waals surface area (Å²) in [6, 6.07) is 17.0. The smallest absolute Gasteiger partial charge is 0.363 e. The standard InChI is InChI=1S/C25H17Cl2NO5/c1-14-6-5-7-16(10-14)24(29)32-22-19(27)11-15(13-21(22)31-2)12-20-25(30)33-23(28-20)17-8-3-4-9-18(17)26/h3-13H,1-2H3/b20-12-. The number of aliphatic imine (C=N–C) groups is 1. The van der Waals surface area contributed by atoms with Gasteiger partial charge in [-0.15, -0.1) is 0 Å². The first-order valence-electron chi connectivity index (χ1n) is 9.79. The van der Waals surface area contributed by atoms with Gasteiger partial charge in [0.1, 0.15) is 0 Å². The lowest BCUT2D eigenvalue weighted by atomic mass is 10.1. The number of benzene rings is 3. The molecule has 0 fully saturated rings. The normalized spacial score (nSPS) is 14.1. The zero-order chi connectivity index (χ0) is 23.5. The Kier molecular flexibility index (Phi) is 6.49. The van der Waals surface area contributed by atoms with Gasteiger partial charge in [0.2, 0.25) is 5.90 Å². The monoisotopic (exact) mass is 481 g/mol. The van der Waals surface area contributed by atoms with E-state index in [1.807, 2.05) is 13.0 Å². The van der Waals surface area contributed by atoms with Crippen LogP contribution in [0.5, 0.6) is 11.5 Å². The van der Waals surface area contributed by atoms with Crippen molar-refractivity contribution in [3.05, 3.63) is 98.7 Å². The van der Waals surface area contributed by atoms with E-state index in [9.17, 15) is 9.59 Å². The quantitative estimate of drug-likeness (QED) is 0.258. The third kappa shape index (κ3) is 4.92. The van der Waals surface area contributed by atoms with Crippen LogP contribution in [0.2, 0.25) is 10.0 Å². The number of aryl methyl sites for hydroxylation is 1. The van der Waals surface area contributed by atoms with Crippen molar-refractivity contribution in [2.45, 2.75) is 6.92 Å². The Morgan fingerprint density at radius 2 is 1.82 bits per heavy atom. The number of methoxy groups -OCH3 is 1. The second kappa shape index (κ2) is 9.48. The highest BCUT2D eigenvalue weighted by Crippen LogP contribution is 2.38. The van der Waals surface area contributed by atoms with Crippen molar-refractivity contribution in [1.82, 2.24) is 0 Å². The molecule has 1 heterocycles. The van der Waals surface area contributed by atoms with Crippen molar-refractivity contribution >= 4 is 47.1 Å². The number of ether oxygens (including phenoxy) is 3. The second-order valence-corrected chi connectivity index (χ2v) is 7.92. The molecule has 1 aliphatic heterocycles. The van der Waals surface area contributed by atoms with Crippen LogP contribution in [0.4, 0.5) is 0 Å². The van der Waals surface area contributed by atoms with Crippen molar-refractivity contribution in [2.75, 3.05) is 7.11 Å². The van der Waals surface area contributed by atoms with Crippen LogP contribution in [-0.4, -0.2) is 24.9 Å². The molecule has 166 valence electrons. The number of hydrogen-bond acceptors (Lipinski definition) is 6. The molecule has 8 heteroatoms. The minimum atomic E-state index is -0.630. The fourth-order valence-electron chi connectivity index (χ4n) is 3.16. The average Bonchev–Trinajstić information content (AvgIpc) is 3.15. The molecule has 0 radical (unpaired) electrons. The molecule has 0 unspecified atom stereocenters. The van der Waals surface area contributed by atoms with Crippen molar-refractivity contribution in [3.8, 4) is 11.5 Å². The molecule has 0 bridgehead atoms. The van der Waals surface area contributed by atoms with E-state index >= 15 is 0 Å². The number of halogens is 2. The third-order valence-corrected chi connectivity index (χ3v) is 5.34. The molecule has 0 aliphatic carbocycles. The molecular formula is C25H17Cl2NO5. The van der Waals surface area contributed by atoms with Crippen LogP contribution in [0.15, 0.2) is 71.4 Å². The molecule has 3 aromatic carbocycles. The Balaban J connectivity index is 1.64. The number of cyclic esters (lactones) is 1. The van der Waals surface area contributed by atoms with E-state index in [0.717, 1.165) is 5.56 Å². The van der Waals surface area contributed by atoms with Gasteiger partial charge in [-0.3, -0.25) is 0 Å². The summed E-state index contributed by atoms with van der Waals surface area (Å²) in [5.41, 5.74) is 2.37. The highest BCUT2D eigenvalue weighted by Gasteiger charge is 2.26. The van der Waals surface area contributed by atoms with Gasteiger partial charge in [0.25, 0.3) is 0 Å². The van der Waals surface area contributed by atoms with Gasteiger partial charge in [0.15, 0.2) is 17.2 Å². The van der Waals surface area contributed by atoms with E-state index in [0.29, 0.717) is 21.7 Å². The van der Waals surface area contributed by atoms with Gasteiger partial charge in [0, 0.05) is 0 Å². The molecule has 0 atom stereocenters. The molecule has 0 amide bonds. The van der Waals surface area contributed by atoms with Crippen molar-refractivity contribution in [3.63, 3.8) is 0 Å². The van der Waals surface area contributed by atoms with E-state index < -0.39 is 11.9 Å². The van der Waals surface area contributed by atoms with Crippen LogP contribution < -0.4 is 9.47 Å². The maximum absolute atomic E-state index is 12.6. The van der Waals surface area contributed by atoms with Crippen LogP contribution >= 0.6 is 23.2 Å². The van der Waals surface area contributed by atoms with E-state index in [2.05, 4.69) is 4.99 Å². The van der Waals surface area contributed by atoms with Crippen LogP contribution in [0.3, 0.4) is 0 Å². The van der Waals surface area contributed by atoms with Crippen molar-refractivity contribution < 1.29 is 23.8 Å². The molecule has 1 aliphatic rings. The summed E-state index contributed by atoms with van der Waals surface area (Å²) >= 11 is 12.6. The number of carbonyl (C=O) groups is 2. The third-order valence-electron chi connectivity index (χ3n) is 4.73. The van der Waals surface area contributed by atoms with Crippen LogP contribution in [0.1, 0.15) is 27.0 Å². The molecule has 4 rings (SSSR count). The van der Waals surface area contributed by atoms with Gasteiger partial charge in [-0.25, -0.2) is 14.6 Å². The predicted molar refractivity (Wildman–Crippen MR) is 126 cm³/mol. The molecule has 3 aromatic rings. The van der Waals surface area contributed by atoms with E-state index in [-0.39, 0.29) is 28.1 Å². The van der Waals surface area contributed by atoms with Gasteiger partial charge in [-0.2, -0.15) is 0 Å². The van der Waals surface area contributed by atoms with Crippen molar-refractivity contribution in [2.24, 2.45) is 4.99 Å². The molecular weight excluding hydrogens is 465 g/mol. The summed E-state index contributed by atoms with van der Waals surface area (Å²) in [6.07, 6.45) is 1.49. The van der Waals surface area contributed by atoms with Gasteiger partial charge in [-0.05, 0) is 55.0 Å². The van der Waals surface area contributed by atoms with E-state index in [1.165, 1.54) is 19.3 Å². The van der Waals surface area contributed by atoms with Gasteiger partial charge in [-0.1, -0.05) is 53.0 Å². The molecule has 0 spiro atoms. The Morgan fingerprint density at radius 3 is 2.55 bits per heavy atom. The number of rotatable bonds is 5. The Hall–Kier alpha value is -3.61. The molecule has 0 saturated heterocycles. The highest BCUT2D eigenvalue weighted by molar-refractivity contribution is 6.34. The maximum Gasteiger partial charge on any atom is 0.363 e. The fraction of sp³-hybridized carbons (Fsp3) is 0.0800. The summed E-state index contributed by atoms with van der Waals surface area (Å²) < 4.78 is 16.1. The van der Waals surface area contributed by atoms with E-state index in [4.69, 9.17) is 37.4 Å². The summed E-state index contributed by atoms with van der Waals surface area (Å²) in [5, 5.41) is 0.540. The number of hydrogen-bond donors (Lipinski definition) is 0. The second-order valence-electron chi connectivity index (χ2n) is 7.11. The first-order valence-corrected chi connectivity index (χ1v) is 10.5. The van der Waals surface area contributed by atoms with Crippen LogP contribution in [-0.2, 0) is 9.53 Å². The SMILES string of the molecule is COc1cc(/C=C2\N=C(c3ccccc3Cl)OC2=O)cc(Cl)c1OC(=O)c1cccc(C)c1. The maximum atomic E-state index is 12.6. The summed E-state index contributed by atoms with van der Waals surface area (Å²) in [4.78, 5) is 29.1. The van der Waals surface area contributed by atoms with Crippen molar-refractivity contribution in [1.29, 1.82) is 0 Å². The first-order chi connectivity index (χ1) is 15.9. The molecule has 0 aromatic heterocycles. The lowest BCUT2D eigenvalue weighted by Crippen LogP contribution is -2.10. The summed E-state index contributed by atoms with van der Waals surface area (Å²) in [7, 11) is 1.42. The average molecular weight is 482 g/mol. The number of carbonyl (C=O) groups excluding carboxylic acids is 2. The highest BCUT2D eigenvalue weighted by atomic mass is 35.5. The fourth-order valence-corrected chi connectivity index (χ4v) is 3.64. The summed E-state index contributed by atoms with van der Waals surface area (Å²) in [5.74, 6) is -0.800. The largest absolute Gasteiger partial charge is 0.493 e. The number of nitrogens with zero attached hydrogens (tertiary/aromatic N) is 1. The zero-order valence-corrected chi connectivity index (χ0v) is 19.1. The first kappa shape index (κ1) is 22.6. The van der Waals surface area contributed by atoms with Gasteiger partial charge < -0.3 is 14.2 Å². The minimum Gasteiger partial charge on any atom is -0.493 e.